The molecule has 0 bridgehead atoms. The van der Waals surface area contributed by atoms with Gasteiger partial charge in [0.2, 0.25) is 0 Å². The Kier molecular flexibility index (Phi) is 6.63. The lowest BCUT2D eigenvalue weighted by atomic mass is 10.4. The molecule has 0 amide bonds. The molecule has 6 heteroatoms. The van der Waals surface area contributed by atoms with Crippen LogP contribution in [0.1, 0.15) is 19.8 Å². The molecule has 1 unspecified atom stereocenters. The smallest absolute Gasteiger partial charge is 0.330 e. The van der Waals surface area contributed by atoms with Crippen LogP contribution in [0.15, 0.2) is 12.7 Å². The molecule has 0 aromatic heterocycles. The predicted octanol–water partition coefficient (Wildman–Crippen LogP) is 2.24. The van der Waals surface area contributed by atoms with Crippen molar-refractivity contribution in [2.24, 2.45) is 0 Å². The number of hydrogen-bond donors (Lipinski definition) is 0. The van der Waals surface area contributed by atoms with Crippen LogP contribution >= 0.6 is 23.5 Å². The molecule has 1 fully saturated rings. The monoisotopic (exact) mass is 290 g/mol. The third kappa shape index (κ3) is 5.82. The van der Waals surface area contributed by atoms with Gasteiger partial charge < -0.3 is 9.47 Å². The van der Waals surface area contributed by atoms with E-state index < -0.39 is 10.9 Å². The van der Waals surface area contributed by atoms with Crippen molar-refractivity contribution in [1.82, 2.24) is 0 Å². The molecule has 0 radical (unpaired) electrons. The van der Waals surface area contributed by atoms with Crippen molar-refractivity contribution in [3.05, 3.63) is 12.7 Å². The Morgan fingerprint density at radius 3 is 2.94 bits per heavy atom. The van der Waals surface area contributed by atoms with Gasteiger partial charge in [0.15, 0.2) is 4.93 Å². The molecule has 18 heavy (non-hydrogen) atoms. The first-order valence-corrected chi connectivity index (χ1v) is 7.92. The lowest BCUT2D eigenvalue weighted by molar-refractivity contribution is -0.151. The first-order valence-electron chi connectivity index (χ1n) is 5.78. The number of carbonyl (C=O) groups excluding carboxylic acids is 2. The Bertz CT molecular complexity index is 309. The molecule has 0 saturated carbocycles. The van der Waals surface area contributed by atoms with E-state index in [0.717, 1.165) is 29.8 Å². The van der Waals surface area contributed by atoms with E-state index in [1.165, 1.54) is 0 Å². The second-order valence-electron chi connectivity index (χ2n) is 3.98. The molecule has 0 aliphatic carbocycles. The largest absolute Gasteiger partial charge is 0.462 e. The lowest BCUT2D eigenvalue weighted by Gasteiger charge is -2.26. The van der Waals surface area contributed by atoms with Crippen LogP contribution in [0, 0.1) is 0 Å². The van der Waals surface area contributed by atoms with Gasteiger partial charge in [-0.2, -0.15) is 11.8 Å². The highest BCUT2D eigenvalue weighted by Crippen LogP contribution is 2.34. The molecule has 0 aromatic rings. The van der Waals surface area contributed by atoms with Crippen molar-refractivity contribution < 1.29 is 19.1 Å². The van der Waals surface area contributed by atoms with Crippen LogP contribution in [-0.4, -0.2) is 40.7 Å². The zero-order valence-electron chi connectivity index (χ0n) is 10.5. The zero-order chi connectivity index (χ0) is 13.4. The molecule has 1 rings (SSSR count). The van der Waals surface area contributed by atoms with Crippen LogP contribution in [0.25, 0.3) is 0 Å². The maximum absolute atomic E-state index is 11.6. The topological polar surface area (TPSA) is 52.6 Å². The van der Waals surface area contributed by atoms with Crippen LogP contribution in [0.3, 0.4) is 0 Å². The van der Waals surface area contributed by atoms with Crippen LogP contribution in [-0.2, 0) is 19.1 Å². The van der Waals surface area contributed by atoms with Gasteiger partial charge in [-0.3, -0.25) is 4.79 Å². The zero-order valence-corrected chi connectivity index (χ0v) is 12.1. The van der Waals surface area contributed by atoms with Crippen molar-refractivity contribution in [3.63, 3.8) is 0 Å². The van der Waals surface area contributed by atoms with E-state index in [4.69, 9.17) is 9.47 Å². The fourth-order valence-electron chi connectivity index (χ4n) is 1.39. The molecule has 1 aliphatic heterocycles. The van der Waals surface area contributed by atoms with Crippen LogP contribution in [0.4, 0.5) is 0 Å². The van der Waals surface area contributed by atoms with E-state index in [9.17, 15) is 9.59 Å². The van der Waals surface area contributed by atoms with E-state index in [2.05, 4.69) is 6.58 Å². The Morgan fingerprint density at radius 1 is 1.44 bits per heavy atom. The number of hydrogen-bond acceptors (Lipinski definition) is 6. The average molecular weight is 290 g/mol. The maximum atomic E-state index is 11.6. The normalized spacial score (nSPS) is 23.8. The van der Waals surface area contributed by atoms with E-state index in [0.29, 0.717) is 0 Å². The van der Waals surface area contributed by atoms with Gasteiger partial charge in [-0.1, -0.05) is 6.58 Å². The van der Waals surface area contributed by atoms with Gasteiger partial charge in [0.05, 0.1) is 6.42 Å². The molecule has 1 saturated heterocycles. The fourth-order valence-corrected chi connectivity index (χ4v) is 3.95. The number of carbonyl (C=O) groups is 2. The highest BCUT2D eigenvalue weighted by molar-refractivity contribution is 8.04. The third-order valence-electron chi connectivity index (χ3n) is 2.25. The number of ether oxygens (including phenoxy) is 2. The molecule has 0 N–H and O–H groups in total. The highest BCUT2D eigenvalue weighted by Gasteiger charge is 2.30. The Hall–Kier alpha value is -0.620. The minimum atomic E-state index is -0.520. The van der Waals surface area contributed by atoms with E-state index >= 15 is 0 Å². The molecule has 0 spiro atoms. The molecular formula is C12H18O4S2. The summed E-state index contributed by atoms with van der Waals surface area (Å²) in [6, 6.07) is 0. The minimum absolute atomic E-state index is 0.0393. The molecule has 1 aliphatic rings. The summed E-state index contributed by atoms with van der Waals surface area (Å²) in [7, 11) is 0. The van der Waals surface area contributed by atoms with Gasteiger partial charge in [-0.15, -0.1) is 11.8 Å². The second kappa shape index (κ2) is 7.74. The fraction of sp³-hybridized carbons (Fsp3) is 0.667. The Balaban J connectivity index is 2.29. The SMILES string of the molecule is C=CC(=O)OCCC(=O)OC1(C)CSCCCS1. The molecule has 1 heterocycles. The standard InChI is InChI=1S/C12H18O4S2/c1-3-10(13)15-6-5-11(14)16-12(2)9-17-7-4-8-18-12/h3H,1,4-9H2,2H3. The van der Waals surface area contributed by atoms with Gasteiger partial charge in [0.25, 0.3) is 0 Å². The molecule has 4 nitrogen and oxygen atoms in total. The van der Waals surface area contributed by atoms with Gasteiger partial charge in [0.1, 0.15) is 6.61 Å². The molecule has 102 valence electrons. The van der Waals surface area contributed by atoms with Crippen molar-refractivity contribution in [3.8, 4) is 0 Å². The van der Waals surface area contributed by atoms with Crippen molar-refractivity contribution >= 4 is 35.5 Å². The average Bonchev–Trinajstić information content (AvgIpc) is 2.53. The highest BCUT2D eigenvalue weighted by atomic mass is 32.2. The molecule has 1 atom stereocenters. The summed E-state index contributed by atoms with van der Waals surface area (Å²) in [5.74, 6) is 2.06. The maximum Gasteiger partial charge on any atom is 0.330 e. The summed E-state index contributed by atoms with van der Waals surface area (Å²) in [5, 5.41) is 0. The predicted molar refractivity (Wildman–Crippen MR) is 74.7 cm³/mol. The summed E-state index contributed by atoms with van der Waals surface area (Å²) in [6.45, 7) is 5.25. The quantitative estimate of drug-likeness (QED) is 0.572. The van der Waals surface area contributed by atoms with Crippen LogP contribution in [0.5, 0.6) is 0 Å². The third-order valence-corrected chi connectivity index (χ3v) is 5.10. The summed E-state index contributed by atoms with van der Waals surface area (Å²) in [4.78, 5) is 22.0. The Labute approximate surface area is 116 Å². The van der Waals surface area contributed by atoms with Crippen molar-refractivity contribution in [2.75, 3.05) is 23.9 Å². The van der Waals surface area contributed by atoms with E-state index in [1.54, 1.807) is 23.5 Å². The van der Waals surface area contributed by atoms with Gasteiger partial charge in [0, 0.05) is 11.8 Å². The van der Waals surface area contributed by atoms with Crippen LogP contribution < -0.4 is 0 Å². The van der Waals surface area contributed by atoms with Crippen LogP contribution in [0.2, 0.25) is 0 Å². The summed E-state index contributed by atoms with van der Waals surface area (Å²) in [6.07, 6.45) is 2.30. The Morgan fingerprint density at radius 2 is 2.22 bits per heavy atom. The minimum Gasteiger partial charge on any atom is -0.462 e. The number of thioether (sulfide) groups is 2. The van der Waals surface area contributed by atoms with Crippen molar-refractivity contribution in [1.29, 1.82) is 0 Å². The summed E-state index contributed by atoms with van der Waals surface area (Å²) in [5.41, 5.74) is 0. The number of rotatable bonds is 5. The van der Waals surface area contributed by atoms with Crippen molar-refractivity contribution in [2.45, 2.75) is 24.7 Å². The van der Waals surface area contributed by atoms with Gasteiger partial charge in [-0.25, -0.2) is 4.79 Å². The molecular weight excluding hydrogens is 272 g/mol. The van der Waals surface area contributed by atoms with Gasteiger partial charge in [-0.05, 0) is 24.9 Å². The van der Waals surface area contributed by atoms with E-state index in [-0.39, 0.29) is 19.0 Å². The lowest BCUT2D eigenvalue weighted by Crippen LogP contribution is -2.31. The molecule has 0 aromatic carbocycles. The van der Waals surface area contributed by atoms with E-state index in [1.807, 2.05) is 6.92 Å². The second-order valence-corrected chi connectivity index (χ2v) is 6.65. The summed E-state index contributed by atoms with van der Waals surface area (Å²) >= 11 is 3.47. The first-order chi connectivity index (χ1) is 8.56. The first kappa shape index (κ1) is 15.4. The van der Waals surface area contributed by atoms with Gasteiger partial charge >= 0.3 is 11.9 Å². The summed E-state index contributed by atoms with van der Waals surface area (Å²) < 4.78 is 10.2. The number of esters is 2.